The number of benzene rings is 1. The fourth-order valence-corrected chi connectivity index (χ4v) is 3.46. The monoisotopic (exact) mass is 326 g/mol. The first-order valence-corrected chi connectivity index (χ1v) is 8.25. The maximum absolute atomic E-state index is 12.1. The second-order valence-corrected chi connectivity index (χ2v) is 7.63. The van der Waals surface area contributed by atoms with Gasteiger partial charge in [0.2, 0.25) is 5.91 Å². The molecular formula is C16H20Cl2N2O. The van der Waals surface area contributed by atoms with Crippen LogP contribution in [-0.2, 0) is 11.3 Å². The van der Waals surface area contributed by atoms with E-state index in [-0.39, 0.29) is 17.9 Å². The van der Waals surface area contributed by atoms with Crippen LogP contribution in [0.3, 0.4) is 0 Å². The zero-order chi connectivity index (χ0) is 14.9. The molecule has 1 amide bonds. The summed E-state index contributed by atoms with van der Waals surface area (Å²) in [6.45, 7) is 2.91. The Morgan fingerprint density at radius 3 is 2.71 bits per heavy atom. The van der Waals surface area contributed by atoms with Crippen LogP contribution in [0.5, 0.6) is 0 Å². The molecule has 21 heavy (non-hydrogen) atoms. The lowest BCUT2D eigenvalue weighted by Crippen LogP contribution is -2.48. The van der Waals surface area contributed by atoms with Crippen LogP contribution in [0.4, 0.5) is 0 Å². The number of amides is 1. The third-order valence-corrected chi connectivity index (χ3v) is 5.08. The minimum absolute atomic E-state index is 0.00608. The van der Waals surface area contributed by atoms with Crippen molar-refractivity contribution in [2.45, 2.75) is 36.2 Å². The van der Waals surface area contributed by atoms with E-state index >= 15 is 0 Å². The number of nitrogens with one attached hydrogen (secondary N) is 1. The zero-order valence-corrected chi connectivity index (χ0v) is 13.4. The predicted octanol–water partition coefficient (Wildman–Crippen LogP) is 2.96. The topological polar surface area (TPSA) is 32.3 Å². The molecule has 1 aliphatic carbocycles. The maximum atomic E-state index is 12.1. The molecule has 1 heterocycles. The molecule has 1 aromatic carbocycles. The quantitative estimate of drug-likeness (QED) is 0.863. The summed E-state index contributed by atoms with van der Waals surface area (Å²) in [6.07, 6.45) is 2.71. The van der Waals surface area contributed by atoms with Crippen LogP contribution >= 0.6 is 23.2 Å². The number of carbonyl (C=O) groups excluding carboxylic acids is 1. The van der Waals surface area contributed by atoms with E-state index in [1.54, 1.807) is 0 Å². The van der Waals surface area contributed by atoms with E-state index < -0.39 is 4.33 Å². The first-order chi connectivity index (χ1) is 10.0. The average molecular weight is 327 g/mol. The summed E-state index contributed by atoms with van der Waals surface area (Å²) in [6, 6.07) is 10.6. The van der Waals surface area contributed by atoms with Gasteiger partial charge in [-0.3, -0.25) is 9.69 Å². The highest BCUT2D eigenvalue weighted by atomic mass is 35.5. The van der Waals surface area contributed by atoms with Gasteiger partial charge in [-0.2, -0.15) is 0 Å². The number of piperidine rings is 1. The van der Waals surface area contributed by atoms with Crippen LogP contribution in [0, 0.1) is 5.92 Å². The number of nitrogens with zero attached hydrogens (tertiary/aromatic N) is 1. The number of alkyl halides is 2. The molecule has 1 N–H and O–H groups in total. The fraction of sp³-hybridized carbons (Fsp3) is 0.562. The number of hydrogen-bond acceptors (Lipinski definition) is 2. The Balaban J connectivity index is 1.50. The summed E-state index contributed by atoms with van der Waals surface area (Å²) in [5.41, 5.74) is 1.31. The highest BCUT2D eigenvalue weighted by molar-refractivity contribution is 6.52. The van der Waals surface area contributed by atoms with Gasteiger partial charge in [-0.05, 0) is 31.4 Å². The Kier molecular flexibility index (Phi) is 4.43. The van der Waals surface area contributed by atoms with Gasteiger partial charge in [0.05, 0.1) is 5.92 Å². The summed E-state index contributed by atoms with van der Waals surface area (Å²) in [7, 11) is 0. The Labute approximate surface area is 135 Å². The second-order valence-electron chi connectivity index (χ2n) is 6.09. The Morgan fingerprint density at radius 1 is 1.33 bits per heavy atom. The minimum atomic E-state index is -0.831. The van der Waals surface area contributed by atoms with E-state index in [1.807, 2.05) is 6.07 Å². The van der Waals surface area contributed by atoms with Crippen LogP contribution in [0.25, 0.3) is 0 Å². The smallest absolute Gasteiger partial charge is 0.226 e. The van der Waals surface area contributed by atoms with Gasteiger partial charge in [-0.15, -0.1) is 23.2 Å². The molecule has 114 valence electrons. The van der Waals surface area contributed by atoms with Crippen LogP contribution in [0.2, 0.25) is 0 Å². The zero-order valence-electron chi connectivity index (χ0n) is 11.9. The van der Waals surface area contributed by atoms with Gasteiger partial charge in [-0.1, -0.05) is 30.3 Å². The molecule has 3 nitrogen and oxygen atoms in total. The van der Waals surface area contributed by atoms with Crippen molar-refractivity contribution in [3.63, 3.8) is 0 Å². The molecule has 2 fully saturated rings. The van der Waals surface area contributed by atoms with Gasteiger partial charge in [0, 0.05) is 19.1 Å². The van der Waals surface area contributed by atoms with Crippen molar-refractivity contribution in [1.82, 2.24) is 10.2 Å². The molecule has 1 aromatic rings. The summed E-state index contributed by atoms with van der Waals surface area (Å²) in [4.78, 5) is 14.4. The van der Waals surface area contributed by atoms with Crippen molar-refractivity contribution >= 4 is 29.1 Å². The lowest BCUT2D eigenvalue weighted by molar-refractivity contribution is -0.123. The van der Waals surface area contributed by atoms with Gasteiger partial charge < -0.3 is 5.32 Å². The molecule has 1 saturated carbocycles. The van der Waals surface area contributed by atoms with Crippen LogP contribution in [0.15, 0.2) is 30.3 Å². The SMILES string of the molecule is O=C(NC1CCCN(Cc2ccccc2)C1)C1CC1(Cl)Cl. The Hall–Kier alpha value is -0.770. The predicted molar refractivity (Wildman–Crippen MR) is 85.4 cm³/mol. The van der Waals surface area contributed by atoms with Crippen molar-refractivity contribution in [1.29, 1.82) is 0 Å². The summed E-state index contributed by atoms with van der Waals surface area (Å²) in [5.74, 6) is -0.225. The van der Waals surface area contributed by atoms with E-state index in [0.717, 1.165) is 32.5 Å². The van der Waals surface area contributed by atoms with E-state index in [0.29, 0.717) is 6.42 Å². The Morgan fingerprint density at radius 2 is 2.05 bits per heavy atom. The van der Waals surface area contributed by atoms with E-state index in [2.05, 4.69) is 34.5 Å². The van der Waals surface area contributed by atoms with Gasteiger partial charge >= 0.3 is 0 Å². The molecule has 5 heteroatoms. The standard InChI is InChI=1S/C16H20Cl2N2O/c17-16(18)9-14(16)15(21)19-13-7-4-8-20(11-13)10-12-5-2-1-3-6-12/h1-3,5-6,13-14H,4,7-11H2,(H,19,21). The first kappa shape index (κ1) is 15.1. The number of likely N-dealkylation sites (tertiary alicyclic amines) is 1. The molecule has 2 atom stereocenters. The van der Waals surface area contributed by atoms with Crippen molar-refractivity contribution in [3.05, 3.63) is 35.9 Å². The third kappa shape index (κ3) is 3.91. The lowest BCUT2D eigenvalue weighted by atomic mass is 10.0. The summed E-state index contributed by atoms with van der Waals surface area (Å²) in [5, 5.41) is 3.10. The van der Waals surface area contributed by atoms with Gasteiger partial charge in [-0.25, -0.2) is 0 Å². The van der Waals surface area contributed by atoms with Gasteiger partial charge in [0.25, 0.3) is 0 Å². The largest absolute Gasteiger partial charge is 0.352 e. The molecule has 1 aliphatic heterocycles. The number of hydrogen-bond donors (Lipinski definition) is 1. The molecule has 0 radical (unpaired) electrons. The normalized spacial score (nSPS) is 28.1. The number of halogens is 2. The fourth-order valence-electron chi connectivity index (χ4n) is 2.96. The van der Waals surface area contributed by atoms with E-state index in [1.165, 1.54) is 5.56 Å². The Bertz CT molecular complexity index is 506. The highest BCUT2D eigenvalue weighted by Crippen LogP contribution is 2.53. The summed E-state index contributed by atoms with van der Waals surface area (Å²) < 4.78 is -0.831. The molecular weight excluding hydrogens is 307 g/mol. The lowest BCUT2D eigenvalue weighted by Gasteiger charge is -2.33. The van der Waals surface area contributed by atoms with Crippen molar-refractivity contribution < 1.29 is 4.79 Å². The molecule has 2 aliphatic rings. The maximum Gasteiger partial charge on any atom is 0.226 e. The molecule has 1 saturated heterocycles. The van der Waals surface area contributed by atoms with Crippen molar-refractivity contribution in [3.8, 4) is 0 Å². The van der Waals surface area contributed by atoms with E-state index in [9.17, 15) is 4.79 Å². The highest BCUT2D eigenvalue weighted by Gasteiger charge is 2.56. The molecule has 0 spiro atoms. The third-order valence-electron chi connectivity index (χ3n) is 4.24. The van der Waals surface area contributed by atoms with E-state index in [4.69, 9.17) is 23.2 Å². The number of rotatable bonds is 4. The number of carbonyl (C=O) groups is 1. The minimum Gasteiger partial charge on any atom is -0.352 e. The van der Waals surface area contributed by atoms with Gasteiger partial charge in [0.15, 0.2) is 0 Å². The molecule has 3 rings (SSSR count). The van der Waals surface area contributed by atoms with Crippen molar-refractivity contribution in [2.24, 2.45) is 5.92 Å². The molecule has 0 bridgehead atoms. The van der Waals surface area contributed by atoms with Crippen LogP contribution in [-0.4, -0.2) is 34.3 Å². The van der Waals surface area contributed by atoms with Crippen LogP contribution in [0.1, 0.15) is 24.8 Å². The molecule has 2 unspecified atom stereocenters. The average Bonchev–Trinajstić information content (AvgIpc) is 3.09. The van der Waals surface area contributed by atoms with Crippen LogP contribution < -0.4 is 5.32 Å². The second kappa shape index (κ2) is 6.15. The van der Waals surface area contributed by atoms with Crippen molar-refractivity contribution in [2.75, 3.05) is 13.1 Å². The van der Waals surface area contributed by atoms with Gasteiger partial charge in [0.1, 0.15) is 4.33 Å². The summed E-state index contributed by atoms with van der Waals surface area (Å²) >= 11 is 11.9. The first-order valence-electron chi connectivity index (χ1n) is 7.49. The molecule has 0 aromatic heterocycles.